The van der Waals surface area contributed by atoms with Gasteiger partial charge in [0.2, 0.25) is 15.9 Å². The average Bonchev–Trinajstić information content (AvgIpc) is 2.76. The van der Waals surface area contributed by atoms with Gasteiger partial charge in [0.15, 0.2) is 0 Å². The molecule has 2 atom stereocenters. The molecule has 3 heterocycles. The van der Waals surface area contributed by atoms with E-state index < -0.39 is 16.0 Å². The summed E-state index contributed by atoms with van der Waals surface area (Å²) in [6.45, 7) is 1.37. The molecule has 33 heavy (non-hydrogen) atoms. The van der Waals surface area contributed by atoms with Crippen LogP contribution in [0.3, 0.4) is 0 Å². The second kappa shape index (κ2) is 9.60. The summed E-state index contributed by atoms with van der Waals surface area (Å²) in [7, 11) is -3.75. The fourth-order valence-electron chi connectivity index (χ4n) is 4.54. The topological polar surface area (TPSA) is 126 Å². The minimum Gasteiger partial charge on any atom is -0.481 e. The minimum atomic E-state index is -3.75. The molecule has 2 bridgehead atoms. The molecule has 1 aromatic heterocycles. The van der Waals surface area contributed by atoms with E-state index in [2.05, 4.69) is 4.72 Å². The van der Waals surface area contributed by atoms with E-state index in [1.165, 1.54) is 6.07 Å². The molecule has 0 aliphatic carbocycles. The van der Waals surface area contributed by atoms with Crippen LogP contribution in [0, 0.1) is 5.92 Å². The number of thioether (sulfide) groups is 1. The number of hydrogen-bond acceptors (Lipinski definition) is 6. The summed E-state index contributed by atoms with van der Waals surface area (Å²) in [4.78, 5) is 38.0. The Morgan fingerprint density at radius 3 is 2.55 bits per heavy atom. The van der Waals surface area contributed by atoms with Gasteiger partial charge in [-0.05, 0) is 30.0 Å². The highest BCUT2D eigenvalue weighted by Gasteiger charge is 2.36. The summed E-state index contributed by atoms with van der Waals surface area (Å²) in [6.07, 6.45) is 0.852. The number of carbonyl (C=O) groups is 2. The van der Waals surface area contributed by atoms with Crippen LogP contribution in [-0.2, 0) is 31.9 Å². The van der Waals surface area contributed by atoms with Crippen molar-refractivity contribution in [3.8, 4) is 0 Å². The van der Waals surface area contributed by atoms with Crippen LogP contribution in [-0.4, -0.2) is 59.5 Å². The van der Waals surface area contributed by atoms with Gasteiger partial charge in [0, 0.05) is 31.2 Å². The number of carboxylic acid groups (broad SMARTS) is 1. The van der Waals surface area contributed by atoms with Gasteiger partial charge in [-0.15, -0.1) is 11.8 Å². The molecule has 1 saturated heterocycles. The lowest BCUT2D eigenvalue weighted by Gasteiger charge is -2.43. The molecule has 2 aliphatic rings. The molecule has 9 nitrogen and oxygen atoms in total. The standard InChI is InChI=1S/C22H25N3O6S2/c26-20(12-32-13-21(27)28)24-9-16-8-17(11-24)19-7-6-18(22(29)25(19)10-16)23-33(30,31)14-15-4-2-1-3-5-15/h1-7,16-17,23H,8-14H2,(H,27,28). The molecule has 2 aliphatic heterocycles. The van der Waals surface area contributed by atoms with Gasteiger partial charge in [-0.3, -0.25) is 19.1 Å². The number of nitrogens with one attached hydrogen (secondary N) is 1. The molecule has 0 spiro atoms. The van der Waals surface area contributed by atoms with Crippen LogP contribution >= 0.6 is 11.8 Å². The lowest BCUT2D eigenvalue weighted by molar-refractivity contribution is -0.133. The first kappa shape index (κ1) is 23.4. The molecule has 1 amide bonds. The van der Waals surface area contributed by atoms with Crippen molar-refractivity contribution in [3.63, 3.8) is 0 Å². The number of likely N-dealkylation sites (tertiary alicyclic amines) is 1. The van der Waals surface area contributed by atoms with E-state index in [1.54, 1.807) is 45.9 Å². The Kier molecular flexibility index (Phi) is 6.80. The van der Waals surface area contributed by atoms with E-state index >= 15 is 0 Å². The number of pyridine rings is 1. The van der Waals surface area contributed by atoms with Crippen molar-refractivity contribution in [1.82, 2.24) is 9.47 Å². The van der Waals surface area contributed by atoms with Crippen LogP contribution in [0.15, 0.2) is 47.3 Å². The third-order valence-corrected chi connectivity index (χ3v) is 8.02. The van der Waals surface area contributed by atoms with E-state index in [0.29, 0.717) is 25.2 Å². The number of amides is 1. The number of carboxylic acids is 1. The van der Waals surface area contributed by atoms with Gasteiger partial charge in [-0.1, -0.05) is 30.3 Å². The predicted molar refractivity (Wildman–Crippen MR) is 126 cm³/mol. The number of fused-ring (bicyclic) bond motifs is 4. The van der Waals surface area contributed by atoms with Gasteiger partial charge in [0.25, 0.3) is 5.56 Å². The number of hydrogen-bond donors (Lipinski definition) is 2. The van der Waals surface area contributed by atoms with Crippen molar-refractivity contribution in [1.29, 1.82) is 0 Å². The van der Waals surface area contributed by atoms with Crippen molar-refractivity contribution in [3.05, 3.63) is 64.1 Å². The Balaban J connectivity index is 1.48. The molecule has 2 unspecified atom stereocenters. The molecule has 1 fully saturated rings. The maximum atomic E-state index is 13.1. The van der Waals surface area contributed by atoms with E-state index in [9.17, 15) is 22.8 Å². The fraction of sp³-hybridized carbons (Fsp3) is 0.409. The highest BCUT2D eigenvalue weighted by molar-refractivity contribution is 8.00. The van der Waals surface area contributed by atoms with E-state index in [1.807, 2.05) is 0 Å². The second-order valence-corrected chi connectivity index (χ2v) is 11.1. The van der Waals surface area contributed by atoms with Gasteiger partial charge >= 0.3 is 5.97 Å². The zero-order chi connectivity index (χ0) is 23.6. The first-order chi connectivity index (χ1) is 15.7. The lowest BCUT2D eigenvalue weighted by Crippen LogP contribution is -2.49. The molecular formula is C22H25N3O6S2. The van der Waals surface area contributed by atoms with Crippen molar-refractivity contribution >= 4 is 39.3 Å². The highest BCUT2D eigenvalue weighted by Crippen LogP contribution is 2.35. The Labute approximate surface area is 195 Å². The minimum absolute atomic E-state index is 0.0198. The number of piperidine rings is 1. The van der Waals surface area contributed by atoms with Crippen LogP contribution in [0.1, 0.15) is 23.6 Å². The van der Waals surface area contributed by atoms with Crippen molar-refractivity contribution in [2.75, 3.05) is 29.3 Å². The van der Waals surface area contributed by atoms with Gasteiger partial charge < -0.3 is 14.6 Å². The Bertz CT molecular complexity index is 1210. The maximum absolute atomic E-state index is 13.1. The third kappa shape index (κ3) is 5.59. The first-order valence-electron chi connectivity index (χ1n) is 10.6. The Hall–Kier alpha value is -2.79. The molecule has 11 heteroatoms. The second-order valence-electron chi connectivity index (χ2n) is 8.42. The number of aromatic nitrogens is 1. The summed E-state index contributed by atoms with van der Waals surface area (Å²) in [6, 6.07) is 12.0. The van der Waals surface area contributed by atoms with Gasteiger partial charge in [-0.25, -0.2) is 8.42 Å². The van der Waals surface area contributed by atoms with Gasteiger partial charge in [0.05, 0.1) is 17.3 Å². The van der Waals surface area contributed by atoms with Crippen LogP contribution < -0.4 is 10.3 Å². The number of sulfonamides is 1. The number of benzene rings is 1. The average molecular weight is 492 g/mol. The largest absolute Gasteiger partial charge is 0.481 e. The molecule has 1 aromatic carbocycles. The van der Waals surface area contributed by atoms with E-state index in [0.717, 1.165) is 23.9 Å². The molecule has 2 N–H and O–H groups in total. The van der Waals surface area contributed by atoms with Crippen LogP contribution in [0.2, 0.25) is 0 Å². The van der Waals surface area contributed by atoms with Gasteiger partial charge in [-0.2, -0.15) is 0 Å². The molecule has 4 rings (SSSR count). The molecule has 176 valence electrons. The maximum Gasteiger partial charge on any atom is 0.313 e. The predicted octanol–water partition coefficient (Wildman–Crippen LogP) is 1.55. The number of nitrogens with zero attached hydrogens (tertiary/aromatic N) is 2. The molecular weight excluding hydrogens is 466 g/mol. The summed E-state index contributed by atoms with van der Waals surface area (Å²) in [5.74, 6) is -1.22. The monoisotopic (exact) mass is 491 g/mol. The Morgan fingerprint density at radius 2 is 1.82 bits per heavy atom. The normalized spacial score (nSPS) is 19.6. The van der Waals surface area contributed by atoms with Crippen molar-refractivity contribution in [2.24, 2.45) is 5.92 Å². The summed E-state index contributed by atoms with van der Waals surface area (Å²) >= 11 is 1.08. The number of rotatable bonds is 8. The third-order valence-electron chi connectivity index (χ3n) is 5.87. The number of carbonyl (C=O) groups excluding carboxylic acids is 1. The smallest absolute Gasteiger partial charge is 0.313 e. The van der Waals surface area contributed by atoms with Crippen molar-refractivity contribution < 1.29 is 23.1 Å². The van der Waals surface area contributed by atoms with E-state index in [4.69, 9.17) is 5.11 Å². The summed E-state index contributed by atoms with van der Waals surface area (Å²) in [5.41, 5.74) is 1.06. The molecule has 0 radical (unpaired) electrons. The van der Waals surface area contributed by atoms with Crippen molar-refractivity contribution in [2.45, 2.75) is 24.6 Å². The molecule has 2 aromatic rings. The van der Waals surface area contributed by atoms with Gasteiger partial charge in [0.1, 0.15) is 5.69 Å². The summed E-state index contributed by atoms with van der Waals surface area (Å²) in [5, 5.41) is 8.75. The highest BCUT2D eigenvalue weighted by atomic mass is 32.2. The SMILES string of the molecule is O=C(O)CSCC(=O)N1CC2CC(C1)c1ccc(NS(=O)(=O)Cc3ccccc3)c(=O)n1C2. The quantitative estimate of drug-likeness (QED) is 0.574. The van der Waals surface area contributed by atoms with Crippen LogP contribution in [0.4, 0.5) is 5.69 Å². The molecule has 0 saturated carbocycles. The zero-order valence-electron chi connectivity index (χ0n) is 17.8. The van der Waals surface area contributed by atoms with Crippen LogP contribution in [0.25, 0.3) is 0 Å². The first-order valence-corrected chi connectivity index (χ1v) is 13.4. The zero-order valence-corrected chi connectivity index (χ0v) is 19.5. The summed E-state index contributed by atoms with van der Waals surface area (Å²) < 4.78 is 29.2. The Morgan fingerprint density at radius 1 is 1.06 bits per heavy atom. The fourth-order valence-corrected chi connectivity index (χ4v) is 6.37. The van der Waals surface area contributed by atoms with Crippen LogP contribution in [0.5, 0.6) is 0 Å². The number of anilines is 1. The van der Waals surface area contributed by atoms with E-state index in [-0.39, 0.29) is 46.2 Å². The lowest BCUT2D eigenvalue weighted by atomic mass is 9.83. The number of aliphatic carboxylic acids is 1.